The molecule has 3 aromatic carbocycles. The molecule has 0 radical (unpaired) electrons. The average molecular weight is 567 g/mol. The van der Waals surface area contributed by atoms with Gasteiger partial charge in [0, 0.05) is 12.2 Å². The normalized spacial score (nSPS) is 12.7. The monoisotopic (exact) mass is 566 g/mol. The molecule has 0 aromatic heterocycles. The van der Waals surface area contributed by atoms with Crippen LogP contribution in [0.2, 0.25) is 0 Å². The van der Waals surface area contributed by atoms with Crippen LogP contribution in [0, 0.1) is 0 Å². The number of carbonyl (C=O) groups is 2. The summed E-state index contributed by atoms with van der Waals surface area (Å²) < 4.78 is 21.5. The Hall–Kier alpha value is -4.84. The largest absolute Gasteiger partial charge is 0.490 e. The van der Waals surface area contributed by atoms with E-state index in [2.05, 4.69) is 68.6 Å². The lowest BCUT2D eigenvalue weighted by Crippen LogP contribution is -2.28. The Bertz CT molecular complexity index is 1340. The lowest BCUT2D eigenvalue weighted by Gasteiger charge is -2.34. The van der Waals surface area contributed by atoms with Crippen molar-refractivity contribution in [3.05, 3.63) is 138 Å². The van der Waals surface area contributed by atoms with E-state index in [4.69, 9.17) is 18.9 Å². The molecule has 6 nitrogen and oxygen atoms in total. The van der Waals surface area contributed by atoms with Crippen LogP contribution in [-0.2, 0) is 24.5 Å². The third kappa shape index (κ3) is 7.67. The van der Waals surface area contributed by atoms with Crippen LogP contribution in [0.1, 0.15) is 43.0 Å². The summed E-state index contributed by atoms with van der Waals surface area (Å²) in [5, 5.41) is 0. The maximum Gasteiger partial charge on any atom is 0.330 e. The summed E-state index contributed by atoms with van der Waals surface area (Å²) >= 11 is 0. The summed E-state index contributed by atoms with van der Waals surface area (Å²) in [6.45, 7) is 13.7. The highest BCUT2D eigenvalue weighted by Crippen LogP contribution is 2.51. The SMILES string of the molecule is C/C=C\C.C=CC(=O)OCCOc1ccc(C2(c3ccc(OCCOC(=O)C=C)cc3)C(C)=Cc3ccccc32)cc1. The maximum absolute atomic E-state index is 11.2. The molecule has 0 atom stereocenters. The molecule has 1 aliphatic carbocycles. The van der Waals surface area contributed by atoms with Crippen LogP contribution in [0.3, 0.4) is 0 Å². The molecule has 0 amide bonds. The predicted molar refractivity (Wildman–Crippen MR) is 167 cm³/mol. The van der Waals surface area contributed by atoms with Gasteiger partial charge in [0.1, 0.15) is 37.9 Å². The Balaban J connectivity index is 0.00000114. The smallest absolute Gasteiger partial charge is 0.330 e. The van der Waals surface area contributed by atoms with Gasteiger partial charge in [-0.2, -0.15) is 0 Å². The van der Waals surface area contributed by atoms with E-state index in [0.717, 1.165) is 23.3 Å². The van der Waals surface area contributed by atoms with Crippen molar-refractivity contribution in [2.45, 2.75) is 26.2 Å². The van der Waals surface area contributed by atoms with Gasteiger partial charge in [0.05, 0.1) is 5.41 Å². The first-order chi connectivity index (χ1) is 20.4. The third-order valence-corrected chi connectivity index (χ3v) is 6.76. The van der Waals surface area contributed by atoms with Crippen molar-refractivity contribution in [1.29, 1.82) is 0 Å². The zero-order valence-corrected chi connectivity index (χ0v) is 24.5. The van der Waals surface area contributed by atoms with Gasteiger partial charge in [-0.15, -0.1) is 0 Å². The van der Waals surface area contributed by atoms with E-state index in [1.165, 1.54) is 16.7 Å². The molecule has 0 N–H and O–H groups in total. The van der Waals surface area contributed by atoms with Gasteiger partial charge in [0.15, 0.2) is 0 Å². The molecule has 4 rings (SSSR count). The van der Waals surface area contributed by atoms with Crippen molar-refractivity contribution >= 4 is 18.0 Å². The number of benzene rings is 3. The highest BCUT2D eigenvalue weighted by Gasteiger charge is 2.42. The fourth-order valence-corrected chi connectivity index (χ4v) is 4.78. The lowest BCUT2D eigenvalue weighted by molar-refractivity contribution is -0.139. The molecule has 0 saturated heterocycles. The molecule has 0 spiro atoms. The Kier molecular flexibility index (Phi) is 11.9. The Morgan fingerprint density at radius 3 is 1.57 bits per heavy atom. The summed E-state index contributed by atoms with van der Waals surface area (Å²) in [6.07, 6.45) is 8.48. The summed E-state index contributed by atoms with van der Waals surface area (Å²) in [7, 11) is 0. The van der Waals surface area contributed by atoms with Crippen LogP contribution in [-0.4, -0.2) is 38.4 Å². The number of hydrogen-bond donors (Lipinski definition) is 0. The van der Waals surface area contributed by atoms with Crippen LogP contribution in [0.4, 0.5) is 0 Å². The number of esters is 2. The third-order valence-electron chi connectivity index (χ3n) is 6.76. The molecule has 3 aromatic rings. The van der Waals surface area contributed by atoms with Gasteiger partial charge in [-0.05, 0) is 67.3 Å². The number of hydrogen-bond acceptors (Lipinski definition) is 6. The molecule has 0 heterocycles. The molecule has 0 fully saturated rings. The Morgan fingerprint density at radius 1 is 0.690 bits per heavy atom. The highest BCUT2D eigenvalue weighted by atomic mass is 16.6. The molecule has 0 bridgehead atoms. The van der Waals surface area contributed by atoms with E-state index in [0.29, 0.717) is 11.5 Å². The molecule has 0 unspecified atom stereocenters. The second-order valence-electron chi connectivity index (χ2n) is 9.32. The number of allylic oxidation sites excluding steroid dienone is 3. The van der Waals surface area contributed by atoms with Crippen LogP contribution in [0.25, 0.3) is 6.08 Å². The molecule has 0 saturated carbocycles. The van der Waals surface area contributed by atoms with E-state index in [-0.39, 0.29) is 26.4 Å². The van der Waals surface area contributed by atoms with Crippen molar-refractivity contribution in [1.82, 2.24) is 0 Å². The standard InChI is InChI=1S/C32H30O6.C4H8/c1-4-30(33)37-20-18-35-27-14-10-25(11-15-27)32(23(3)22-24-8-6-7-9-29(24)32)26-12-16-28(17-13-26)36-19-21-38-31(34)5-2;1-3-4-2/h4-17,22H,1-2,18-21H2,3H3;3-4H,1-2H3/b;4-3-. The van der Waals surface area contributed by atoms with Gasteiger partial charge in [-0.3, -0.25) is 0 Å². The quantitative estimate of drug-likeness (QED) is 0.0997. The first kappa shape index (κ1) is 31.7. The predicted octanol–water partition coefficient (Wildman–Crippen LogP) is 7.24. The van der Waals surface area contributed by atoms with E-state index in [1.807, 2.05) is 56.3 Å². The summed E-state index contributed by atoms with van der Waals surface area (Å²) in [5.74, 6) is 0.431. The van der Waals surface area contributed by atoms with Crippen molar-refractivity contribution < 1.29 is 28.5 Å². The average Bonchev–Trinajstić information content (AvgIpc) is 3.34. The van der Waals surface area contributed by atoms with Gasteiger partial charge < -0.3 is 18.9 Å². The van der Waals surface area contributed by atoms with Crippen LogP contribution in [0.15, 0.2) is 116 Å². The van der Waals surface area contributed by atoms with Crippen molar-refractivity contribution in [3.8, 4) is 11.5 Å². The maximum atomic E-state index is 11.2. The fraction of sp³-hybridized carbons (Fsp3) is 0.222. The van der Waals surface area contributed by atoms with Gasteiger partial charge in [-0.1, -0.05) is 85.5 Å². The summed E-state index contributed by atoms with van der Waals surface area (Å²) in [6, 6.07) is 24.4. The van der Waals surface area contributed by atoms with Crippen LogP contribution in [0.5, 0.6) is 11.5 Å². The number of rotatable bonds is 12. The Morgan fingerprint density at radius 2 is 1.14 bits per heavy atom. The highest BCUT2D eigenvalue weighted by molar-refractivity contribution is 5.81. The second-order valence-corrected chi connectivity index (χ2v) is 9.32. The number of ether oxygens (including phenoxy) is 4. The zero-order chi connectivity index (χ0) is 30.4. The fourth-order valence-electron chi connectivity index (χ4n) is 4.78. The summed E-state index contributed by atoms with van der Waals surface area (Å²) in [5.41, 5.74) is 5.31. The van der Waals surface area contributed by atoms with Crippen molar-refractivity contribution in [2.24, 2.45) is 0 Å². The minimum Gasteiger partial charge on any atom is -0.490 e. The second kappa shape index (κ2) is 15.8. The molecule has 42 heavy (non-hydrogen) atoms. The molecule has 218 valence electrons. The Labute approximate surface area is 248 Å². The molecular formula is C36H38O6. The van der Waals surface area contributed by atoms with E-state index in [9.17, 15) is 9.59 Å². The topological polar surface area (TPSA) is 71.1 Å². The van der Waals surface area contributed by atoms with Gasteiger partial charge >= 0.3 is 11.9 Å². The molecule has 0 aliphatic heterocycles. The van der Waals surface area contributed by atoms with Crippen LogP contribution < -0.4 is 9.47 Å². The van der Waals surface area contributed by atoms with Gasteiger partial charge in [0.25, 0.3) is 0 Å². The van der Waals surface area contributed by atoms with Crippen molar-refractivity contribution in [3.63, 3.8) is 0 Å². The van der Waals surface area contributed by atoms with E-state index in [1.54, 1.807) is 0 Å². The van der Waals surface area contributed by atoms with Crippen LogP contribution >= 0.6 is 0 Å². The molecule has 1 aliphatic rings. The molecule has 6 heteroatoms. The zero-order valence-electron chi connectivity index (χ0n) is 24.5. The number of fused-ring (bicyclic) bond motifs is 1. The van der Waals surface area contributed by atoms with E-state index >= 15 is 0 Å². The summed E-state index contributed by atoms with van der Waals surface area (Å²) in [4.78, 5) is 22.4. The van der Waals surface area contributed by atoms with Gasteiger partial charge in [0.2, 0.25) is 0 Å². The first-order valence-electron chi connectivity index (χ1n) is 13.8. The minimum atomic E-state index is -0.480. The minimum absolute atomic E-state index is 0.150. The molecular weight excluding hydrogens is 528 g/mol. The first-order valence-corrected chi connectivity index (χ1v) is 13.8. The van der Waals surface area contributed by atoms with Gasteiger partial charge in [-0.25, -0.2) is 9.59 Å². The van der Waals surface area contributed by atoms with Crippen molar-refractivity contribution in [2.75, 3.05) is 26.4 Å². The van der Waals surface area contributed by atoms with E-state index < -0.39 is 17.4 Å². The number of carbonyl (C=O) groups excluding carboxylic acids is 2. The lowest BCUT2D eigenvalue weighted by atomic mass is 9.67.